The molecule has 0 aromatic carbocycles. The van der Waals surface area contributed by atoms with E-state index < -0.39 is 17.1 Å². The molecule has 5 heteroatoms. The fraction of sp³-hybridized carbons (Fsp3) is 0.857. The van der Waals surface area contributed by atoms with E-state index in [0.29, 0.717) is 32.4 Å². The number of hydrogen-bond acceptors (Lipinski definition) is 3. The zero-order valence-corrected chi connectivity index (χ0v) is 11.8. The number of ether oxygens (including phenoxy) is 1. The van der Waals surface area contributed by atoms with Crippen molar-refractivity contribution in [3.63, 3.8) is 0 Å². The van der Waals surface area contributed by atoms with E-state index >= 15 is 0 Å². The zero-order valence-electron chi connectivity index (χ0n) is 11.8. The maximum absolute atomic E-state index is 12.7. The Labute approximate surface area is 113 Å². The van der Waals surface area contributed by atoms with E-state index in [0.717, 1.165) is 19.3 Å². The zero-order chi connectivity index (χ0) is 14.1. The molecule has 0 spiro atoms. The highest BCUT2D eigenvalue weighted by Crippen LogP contribution is 2.38. The maximum Gasteiger partial charge on any atom is 0.329 e. The van der Waals surface area contributed by atoms with Gasteiger partial charge in [0.15, 0.2) is 0 Å². The first-order chi connectivity index (χ1) is 8.96. The third-order valence-corrected chi connectivity index (χ3v) is 4.47. The molecule has 0 aromatic heterocycles. The molecule has 0 bridgehead atoms. The van der Waals surface area contributed by atoms with E-state index in [-0.39, 0.29) is 5.91 Å². The summed E-state index contributed by atoms with van der Waals surface area (Å²) in [6.07, 6.45) is 4.14. The minimum Gasteiger partial charge on any atom is -0.479 e. The quantitative estimate of drug-likeness (QED) is 0.845. The van der Waals surface area contributed by atoms with Crippen LogP contribution in [0.2, 0.25) is 0 Å². The van der Waals surface area contributed by atoms with Crippen LogP contribution in [0.5, 0.6) is 0 Å². The molecule has 0 radical (unpaired) electrons. The lowest BCUT2D eigenvalue weighted by Gasteiger charge is -2.38. The molecular formula is C14H23NO4. The number of rotatable bonds is 4. The molecule has 2 rings (SSSR count). The van der Waals surface area contributed by atoms with Crippen molar-refractivity contribution in [1.29, 1.82) is 0 Å². The summed E-state index contributed by atoms with van der Waals surface area (Å²) >= 11 is 0. The van der Waals surface area contributed by atoms with Crippen molar-refractivity contribution in [2.24, 2.45) is 0 Å². The van der Waals surface area contributed by atoms with Crippen LogP contribution in [0.15, 0.2) is 0 Å². The van der Waals surface area contributed by atoms with Crippen LogP contribution in [0, 0.1) is 0 Å². The third-order valence-electron chi connectivity index (χ3n) is 4.47. The average Bonchev–Trinajstić information content (AvgIpc) is 2.97. The van der Waals surface area contributed by atoms with Crippen LogP contribution in [0.4, 0.5) is 0 Å². The van der Waals surface area contributed by atoms with Crippen LogP contribution < -0.4 is 0 Å². The molecule has 0 aromatic rings. The van der Waals surface area contributed by atoms with Gasteiger partial charge in [-0.1, -0.05) is 13.3 Å². The first-order valence-electron chi connectivity index (χ1n) is 7.16. The van der Waals surface area contributed by atoms with Gasteiger partial charge in [0, 0.05) is 13.2 Å². The van der Waals surface area contributed by atoms with Gasteiger partial charge in [0.1, 0.15) is 11.1 Å². The largest absolute Gasteiger partial charge is 0.479 e. The van der Waals surface area contributed by atoms with Crippen LogP contribution in [0.1, 0.15) is 52.4 Å². The molecule has 0 aliphatic carbocycles. The summed E-state index contributed by atoms with van der Waals surface area (Å²) in [7, 11) is 0. The monoisotopic (exact) mass is 269 g/mol. The van der Waals surface area contributed by atoms with Gasteiger partial charge >= 0.3 is 5.97 Å². The number of likely N-dealkylation sites (tertiary alicyclic amines) is 1. The first-order valence-corrected chi connectivity index (χ1v) is 7.16. The average molecular weight is 269 g/mol. The number of carboxylic acids is 1. The predicted octanol–water partition coefficient (Wildman–Crippen LogP) is 1.80. The van der Waals surface area contributed by atoms with Gasteiger partial charge in [-0.05, 0) is 39.0 Å². The molecule has 19 heavy (non-hydrogen) atoms. The summed E-state index contributed by atoms with van der Waals surface area (Å²) in [5, 5.41) is 9.61. The standard InChI is InChI=1S/C14H23NO4/c1-3-6-14(12(17)18)8-4-9-15(14)11(16)13(2)7-5-10-19-13/h3-10H2,1-2H3,(H,17,18). The molecule has 2 heterocycles. The molecule has 2 aliphatic heterocycles. The van der Waals surface area contributed by atoms with Crippen molar-refractivity contribution in [1.82, 2.24) is 4.90 Å². The number of hydrogen-bond donors (Lipinski definition) is 1. The van der Waals surface area contributed by atoms with E-state index in [4.69, 9.17) is 4.74 Å². The number of aliphatic carboxylic acids is 1. The fourth-order valence-corrected chi connectivity index (χ4v) is 3.41. The van der Waals surface area contributed by atoms with E-state index in [1.54, 1.807) is 11.8 Å². The van der Waals surface area contributed by atoms with Gasteiger partial charge in [0.05, 0.1) is 0 Å². The van der Waals surface area contributed by atoms with Crippen molar-refractivity contribution in [2.45, 2.75) is 63.5 Å². The highest BCUT2D eigenvalue weighted by atomic mass is 16.5. The molecule has 1 amide bonds. The minimum atomic E-state index is -1.01. The summed E-state index contributed by atoms with van der Waals surface area (Å²) in [6.45, 7) is 4.87. The van der Waals surface area contributed by atoms with Gasteiger partial charge in [-0.15, -0.1) is 0 Å². The molecular weight excluding hydrogens is 246 g/mol. The lowest BCUT2D eigenvalue weighted by atomic mass is 9.89. The number of carbonyl (C=O) groups is 2. The highest BCUT2D eigenvalue weighted by molar-refractivity contribution is 5.92. The Bertz CT molecular complexity index is 376. The molecule has 2 atom stereocenters. The summed E-state index contributed by atoms with van der Waals surface area (Å²) in [5.74, 6) is -1.01. The number of nitrogens with zero attached hydrogens (tertiary/aromatic N) is 1. The fourth-order valence-electron chi connectivity index (χ4n) is 3.41. The topological polar surface area (TPSA) is 66.8 Å². The Hall–Kier alpha value is -1.10. The van der Waals surface area contributed by atoms with Crippen LogP contribution in [0.3, 0.4) is 0 Å². The molecule has 2 saturated heterocycles. The predicted molar refractivity (Wildman–Crippen MR) is 69.8 cm³/mol. The number of carboxylic acid groups (broad SMARTS) is 1. The van der Waals surface area contributed by atoms with Crippen molar-refractivity contribution in [3.05, 3.63) is 0 Å². The summed E-state index contributed by atoms with van der Waals surface area (Å²) < 4.78 is 5.58. The van der Waals surface area contributed by atoms with Gasteiger partial charge in [0.2, 0.25) is 0 Å². The number of amides is 1. The Kier molecular flexibility index (Phi) is 3.85. The molecule has 0 saturated carbocycles. The Balaban J connectivity index is 2.26. The van der Waals surface area contributed by atoms with Gasteiger partial charge in [-0.2, -0.15) is 0 Å². The van der Waals surface area contributed by atoms with Crippen molar-refractivity contribution in [2.75, 3.05) is 13.2 Å². The molecule has 108 valence electrons. The molecule has 2 aliphatic rings. The maximum atomic E-state index is 12.7. The second-order valence-corrected chi connectivity index (χ2v) is 5.83. The first kappa shape index (κ1) is 14.3. The van der Waals surface area contributed by atoms with Crippen LogP contribution in [-0.4, -0.2) is 46.2 Å². The molecule has 2 unspecified atom stereocenters. The van der Waals surface area contributed by atoms with Gasteiger partial charge in [-0.25, -0.2) is 4.79 Å². The SMILES string of the molecule is CCCC1(C(=O)O)CCCN1C(=O)C1(C)CCCO1. The summed E-state index contributed by atoms with van der Waals surface area (Å²) in [5.41, 5.74) is -1.83. The minimum absolute atomic E-state index is 0.140. The second kappa shape index (κ2) is 5.12. The third kappa shape index (κ3) is 2.24. The van der Waals surface area contributed by atoms with E-state index in [1.165, 1.54) is 0 Å². The van der Waals surface area contributed by atoms with Gasteiger partial charge in [0.25, 0.3) is 5.91 Å². The van der Waals surface area contributed by atoms with Gasteiger partial charge < -0.3 is 14.7 Å². The Morgan fingerprint density at radius 3 is 2.58 bits per heavy atom. The van der Waals surface area contributed by atoms with E-state index in [2.05, 4.69) is 0 Å². The van der Waals surface area contributed by atoms with Crippen molar-refractivity contribution in [3.8, 4) is 0 Å². The highest BCUT2D eigenvalue weighted by Gasteiger charge is 2.53. The lowest BCUT2D eigenvalue weighted by molar-refractivity contribution is -0.166. The molecule has 1 N–H and O–H groups in total. The molecule has 5 nitrogen and oxygen atoms in total. The van der Waals surface area contributed by atoms with Crippen molar-refractivity contribution < 1.29 is 19.4 Å². The van der Waals surface area contributed by atoms with E-state index in [1.807, 2.05) is 6.92 Å². The van der Waals surface area contributed by atoms with Crippen LogP contribution in [-0.2, 0) is 14.3 Å². The van der Waals surface area contributed by atoms with Crippen molar-refractivity contribution >= 4 is 11.9 Å². The normalized spacial score (nSPS) is 34.7. The van der Waals surface area contributed by atoms with E-state index in [9.17, 15) is 14.7 Å². The summed E-state index contributed by atoms with van der Waals surface area (Å²) in [4.78, 5) is 26.0. The lowest BCUT2D eigenvalue weighted by Crippen LogP contribution is -2.58. The van der Waals surface area contributed by atoms with Gasteiger partial charge in [-0.3, -0.25) is 4.79 Å². The smallest absolute Gasteiger partial charge is 0.329 e. The number of carbonyl (C=O) groups excluding carboxylic acids is 1. The Morgan fingerprint density at radius 1 is 1.32 bits per heavy atom. The molecule has 2 fully saturated rings. The Morgan fingerprint density at radius 2 is 2.05 bits per heavy atom. The van der Waals surface area contributed by atoms with Crippen LogP contribution in [0.25, 0.3) is 0 Å². The van der Waals surface area contributed by atoms with Crippen LogP contribution >= 0.6 is 0 Å². The second-order valence-electron chi connectivity index (χ2n) is 5.83. The summed E-state index contributed by atoms with van der Waals surface area (Å²) in [6, 6.07) is 0.